The number of nitrogens with zero attached hydrogens (tertiary/aromatic N) is 4. The number of pyridine rings is 1. The number of fused-ring (bicyclic) bond motifs is 1. The number of hydrogen-bond donors (Lipinski definition) is 3. The van der Waals surface area contributed by atoms with E-state index in [4.69, 9.17) is 4.52 Å². The van der Waals surface area contributed by atoms with Gasteiger partial charge in [-0.05, 0) is 67.9 Å². The molecule has 0 fully saturated rings. The van der Waals surface area contributed by atoms with Crippen molar-refractivity contribution in [1.82, 2.24) is 20.1 Å². The van der Waals surface area contributed by atoms with Crippen molar-refractivity contribution < 1.29 is 9.32 Å². The molecule has 0 aliphatic carbocycles. The number of rotatable bonds is 7. The van der Waals surface area contributed by atoms with E-state index in [9.17, 15) is 4.79 Å². The predicted octanol–water partition coefficient (Wildman–Crippen LogP) is 5.30. The lowest BCUT2D eigenvalue weighted by Crippen LogP contribution is -2.14. The Labute approximate surface area is 201 Å². The molecule has 0 radical (unpaired) electrons. The van der Waals surface area contributed by atoms with Gasteiger partial charge in [0.25, 0.3) is 0 Å². The second kappa shape index (κ2) is 9.60. The first-order chi connectivity index (χ1) is 17.0. The van der Waals surface area contributed by atoms with Crippen molar-refractivity contribution >= 4 is 45.7 Å². The average Bonchev–Trinajstić information content (AvgIpc) is 3.23. The normalized spacial score (nSPS) is 10.8. The van der Waals surface area contributed by atoms with Gasteiger partial charge in [-0.25, -0.2) is 15.0 Å². The van der Waals surface area contributed by atoms with Gasteiger partial charge in [0.1, 0.15) is 29.0 Å². The van der Waals surface area contributed by atoms with Crippen molar-refractivity contribution in [3.63, 3.8) is 0 Å². The lowest BCUT2D eigenvalue weighted by Gasteiger charge is -2.11. The first-order valence-electron chi connectivity index (χ1n) is 11.1. The van der Waals surface area contributed by atoms with Gasteiger partial charge in [-0.3, -0.25) is 4.79 Å². The number of carbonyl (C=O) groups is 1. The quantitative estimate of drug-likeness (QED) is 0.296. The number of para-hydroxylation sites is 1. The summed E-state index contributed by atoms with van der Waals surface area (Å²) in [4.78, 5) is 25.7. The summed E-state index contributed by atoms with van der Waals surface area (Å²) in [6, 6.07) is 20.6. The molecule has 0 saturated heterocycles. The summed E-state index contributed by atoms with van der Waals surface area (Å²) in [5.41, 5.74) is 3.89. The Balaban J connectivity index is 1.23. The van der Waals surface area contributed by atoms with E-state index in [1.807, 2.05) is 80.6 Å². The van der Waals surface area contributed by atoms with Crippen molar-refractivity contribution in [3.05, 3.63) is 90.0 Å². The predicted molar refractivity (Wildman–Crippen MR) is 135 cm³/mol. The van der Waals surface area contributed by atoms with Gasteiger partial charge in [0.05, 0.1) is 6.42 Å². The van der Waals surface area contributed by atoms with Crippen molar-refractivity contribution in [3.8, 4) is 0 Å². The van der Waals surface area contributed by atoms with Crippen LogP contribution in [-0.2, 0) is 11.2 Å². The zero-order chi connectivity index (χ0) is 24.2. The number of carbonyl (C=O) groups excluding carboxylic acids is 1. The van der Waals surface area contributed by atoms with Gasteiger partial charge in [-0.2, -0.15) is 0 Å². The van der Waals surface area contributed by atoms with Crippen LogP contribution in [-0.4, -0.2) is 26.0 Å². The van der Waals surface area contributed by atoms with Crippen molar-refractivity contribution in [2.24, 2.45) is 0 Å². The molecule has 9 nitrogen and oxygen atoms in total. The van der Waals surface area contributed by atoms with Crippen LogP contribution in [0.4, 0.5) is 28.8 Å². The fourth-order valence-electron chi connectivity index (χ4n) is 3.64. The van der Waals surface area contributed by atoms with Crippen LogP contribution in [0.5, 0.6) is 0 Å². The Bertz CT molecular complexity index is 1500. The van der Waals surface area contributed by atoms with Crippen LogP contribution in [0.2, 0.25) is 0 Å². The maximum absolute atomic E-state index is 12.5. The molecule has 1 amide bonds. The third-order valence-electron chi connectivity index (χ3n) is 5.23. The minimum Gasteiger partial charge on any atom is -0.356 e. The SMILES string of the molecule is Cc1ccnc(Nc2cc(Nc3ccc(NC(=O)Cc4noc5ccccc45)cc3)nc(C)n2)c1. The number of hydrogen-bond acceptors (Lipinski definition) is 8. The van der Waals surface area contributed by atoms with Crippen LogP contribution in [0.3, 0.4) is 0 Å². The van der Waals surface area contributed by atoms with Gasteiger partial charge in [0, 0.05) is 29.0 Å². The van der Waals surface area contributed by atoms with Crippen LogP contribution >= 0.6 is 0 Å². The number of anilines is 5. The molecule has 35 heavy (non-hydrogen) atoms. The minimum absolute atomic E-state index is 0.128. The Morgan fingerprint density at radius 2 is 1.60 bits per heavy atom. The zero-order valence-corrected chi connectivity index (χ0v) is 19.2. The molecule has 3 N–H and O–H groups in total. The lowest BCUT2D eigenvalue weighted by atomic mass is 10.1. The average molecular weight is 466 g/mol. The molecule has 174 valence electrons. The third-order valence-corrected chi connectivity index (χ3v) is 5.23. The molecule has 3 heterocycles. The first-order valence-corrected chi connectivity index (χ1v) is 11.1. The smallest absolute Gasteiger partial charge is 0.230 e. The Kier molecular flexibility index (Phi) is 6.04. The molecular weight excluding hydrogens is 442 g/mol. The summed E-state index contributed by atoms with van der Waals surface area (Å²) in [7, 11) is 0. The van der Waals surface area contributed by atoms with Crippen LogP contribution in [0, 0.1) is 13.8 Å². The number of aromatic nitrogens is 4. The Hall–Kier alpha value is -4.79. The molecule has 0 saturated carbocycles. The van der Waals surface area contributed by atoms with Gasteiger partial charge < -0.3 is 20.5 Å². The van der Waals surface area contributed by atoms with Gasteiger partial charge >= 0.3 is 0 Å². The number of aryl methyl sites for hydroxylation is 2. The monoisotopic (exact) mass is 465 g/mol. The van der Waals surface area contributed by atoms with Crippen molar-refractivity contribution in [2.75, 3.05) is 16.0 Å². The van der Waals surface area contributed by atoms with E-state index >= 15 is 0 Å². The molecule has 0 bridgehead atoms. The molecular formula is C26H23N7O2. The first kappa shape index (κ1) is 22.0. The minimum atomic E-state index is -0.170. The van der Waals surface area contributed by atoms with Crippen molar-refractivity contribution in [1.29, 1.82) is 0 Å². The van der Waals surface area contributed by atoms with E-state index in [1.165, 1.54) is 0 Å². The molecule has 0 spiro atoms. The summed E-state index contributed by atoms with van der Waals surface area (Å²) in [5, 5.41) is 14.2. The molecule has 5 aromatic rings. The van der Waals surface area contributed by atoms with Gasteiger partial charge in [-0.15, -0.1) is 0 Å². The second-order valence-electron chi connectivity index (χ2n) is 8.08. The van der Waals surface area contributed by atoms with E-state index in [1.54, 1.807) is 6.20 Å². The highest BCUT2D eigenvalue weighted by molar-refractivity contribution is 5.94. The maximum atomic E-state index is 12.5. The van der Waals surface area contributed by atoms with Gasteiger partial charge in [-0.1, -0.05) is 17.3 Å². The largest absolute Gasteiger partial charge is 0.356 e. The number of benzene rings is 2. The Morgan fingerprint density at radius 1 is 0.857 bits per heavy atom. The molecule has 5 rings (SSSR count). The lowest BCUT2D eigenvalue weighted by molar-refractivity contribution is -0.115. The summed E-state index contributed by atoms with van der Waals surface area (Å²) < 4.78 is 5.27. The van der Waals surface area contributed by atoms with Gasteiger partial charge in [0.2, 0.25) is 5.91 Å². The number of nitrogens with one attached hydrogen (secondary N) is 3. The molecule has 9 heteroatoms. The molecule has 0 atom stereocenters. The summed E-state index contributed by atoms with van der Waals surface area (Å²) in [6.07, 6.45) is 1.88. The second-order valence-corrected chi connectivity index (χ2v) is 8.08. The fraction of sp³-hybridized carbons (Fsp3) is 0.115. The zero-order valence-electron chi connectivity index (χ0n) is 19.2. The fourth-order valence-corrected chi connectivity index (χ4v) is 3.64. The molecule has 3 aromatic heterocycles. The van der Waals surface area contributed by atoms with Gasteiger partial charge in [0.15, 0.2) is 5.58 Å². The summed E-state index contributed by atoms with van der Waals surface area (Å²) in [5.74, 6) is 2.45. The maximum Gasteiger partial charge on any atom is 0.230 e. The standard InChI is InChI=1S/C26H23N7O2/c1-16-11-12-27-23(13-16)32-25-15-24(28-17(2)29-25)30-18-7-9-19(10-8-18)31-26(34)14-21-20-5-3-4-6-22(20)35-33-21/h3-13,15H,14H2,1-2H3,(H,31,34)(H2,27,28,29,30,32). The van der Waals surface area contributed by atoms with Crippen LogP contribution < -0.4 is 16.0 Å². The number of amides is 1. The van der Waals surface area contributed by atoms with Crippen LogP contribution in [0.1, 0.15) is 17.1 Å². The van der Waals surface area contributed by atoms with Crippen molar-refractivity contribution in [2.45, 2.75) is 20.3 Å². The Morgan fingerprint density at radius 3 is 2.40 bits per heavy atom. The van der Waals surface area contributed by atoms with E-state index in [-0.39, 0.29) is 12.3 Å². The highest BCUT2D eigenvalue weighted by Crippen LogP contribution is 2.22. The van der Waals surface area contributed by atoms with E-state index in [2.05, 4.69) is 36.1 Å². The molecule has 0 aliphatic rings. The van der Waals surface area contributed by atoms with E-state index in [0.717, 1.165) is 16.6 Å². The van der Waals surface area contributed by atoms with E-state index < -0.39 is 0 Å². The van der Waals surface area contributed by atoms with E-state index in [0.29, 0.717) is 40.2 Å². The van der Waals surface area contributed by atoms with Crippen LogP contribution in [0.15, 0.2) is 77.4 Å². The summed E-state index contributed by atoms with van der Waals surface area (Å²) in [6.45, 7) is 3.84. The highest BCUT2D eigenvalue weighted by Gasteiger charge is 2.12. The third kappa shape index (κ3) is 5.41. The van der Waals surface area contributed by atoms with Crippen LogP contribution in [0.25, 0.3) is 11.0 Å². The molecule has 0 aliphatic heterocycles. The summed E-state index contributed by atoms with van der Waals surface area (Å²) >= 11 is 0. The molecule has 0 unspecified atom stereocenters. The topological polar surface area (TPSA) is 118 Å². The molecule has 2 aromatic carbocycles. The highest BCUT2D eigenvalue weighted by atomic mass is 16.5.